The summed E-state index contributed by atoms with van der Waals surface area (Å²) in [7, 11) is 3.11. The van der Waals surface area contributed by atoms with Crippen molar-refractivity contribution in [2.24, 2.45) is 0 Å². The third-order valence-electron chi connectivity index (χ3n) is 3.35. The van der Waals surface area contributed by atoms with Crippen molar-refractivity contribution >= 4 is 11.6 Å². The zero-order valence-corrected chi connectivity index (χ0v) is 13.1. The van der Waals surface area contributed by atoms with Gasteiger partial charge in [-0.25, -0.2) is 4.68 Å². The molecular weight excluding hydrogens is 310 g/mol. The van der Waals surface area contributed by atoms with Crippen LogP contribution >= 0.6 is 0 Å². The van der Waals surface area contributed by atoms with Gasteiger partial charge in [0.2, 0.25) is 0 Å². The Balaban J connectivity index is 1.77. The maximum atomic E-state index is 12.4. The fourth-order valence-electron chi connectivity index (χ4n) is 2.13. The van der Waals surface area contributed by atoms with Crippen molar-refractivity contribution in [3.05, 3.63) is 54.4 Å². The number of carbonyl (C=O) groups is 1. The molecule has 24 heavy (non-hydrogen) atoms. The summed E-state index contributed by atoms with van der Waals surface area (Å²) in [5.74, 6) is 0.950. The van der Waals surface area contributed by atoms with Crippen molar-refractivity contribution in [1.82, 2.24) is 20.2 Å². The predicted octanol–water partition coefficient (Wildman–Crippen LogP) is 1.93. The van der Waals surface area contributed by atoms with Crippen molar-refractivity contribution in [3.8, 4) is 17.2 Å². The first-order valence-electron chi connectivity index (χ1n) is 7.07. The summed E-state index contributed by atoms with van der Waals surface area (Å²) in [5.41, 5.74) is 1.86. The number of tetrazole rings is 1. The van der Waals surface area contributed by atoms with Gasteiger partial charge in [-0.15, -0.1) is 5.10 Å². The molecule has 0 aliphatic rings. The average Bonchev–Trinajstić information content (AvgIpc) is 3.16. The van der Waals surface area contributed by atoms with Crippen LogP contribution in [0, 0.1) is 0 Å². The van der Waals surface area contributed by atoms with E-state index in [1.807, 2.05) is 0 Å². The Morgan fingerprint density at radius 1 is 1.04 bits per heavy atom. The minimum atomic E-state index is -0.242. The molecule has 122 valence electrons. The Kier molecular flexibility index (Phi) is 4.37. The molecular formula is C16H15N5O3. The molecule has 8 nitrogen and oxygen atoms in total. The highest BCUT2D eigenvalue weighted by Gasteiger charge is 2.09. The van der Waals surface area contributed by atoms with Crippen LogP contribution in [0.25, 0.3) is 5.69 Å². The first-order valence-corrected chi connectivity index (χ1v) is 7.07. The van der Waals surface area contributed by atoms with Crippen molar-refractivity contribution in [2.45, 2.75) is 0 Å². The molecule has 0 aliphatic carbocycles. The van der Waals surface area contributed by atoms with Gasteiger partial charge in [0.1, 0.15) is 17.8 Å². The topological polar surface area (TPSA) is 91.2 Å². The summed E-state index contributed by atoms with van der Waals surface area (Å²) in [6.45, 7) is 0. The number of nitrogens with zero attached hydrogens (tertiary/aromatic N) is 4. The van der Waals surface area contributed by atoms with Crippen LogP contribution in [0.5, 0.6) is 11.5 Å². The van der Waals surface area contributed by atoms with Gasteiger partial charge in [-0.2, -0.15) is 0 Å². The summed E-state index contributed by atoms with van der Waals surface area (Å²) >= 11 is 0. The highest BCUT2D eigenvalue weighted by molar-refractivity contribution is 6.04. The molecule has 0 saturated carbocycles. The second-order valence-corrected chi connectivity index (χ2v) is 4.86. The van der Waals surface area contributed by atoms with E-state index in [0.29, 0.717) is 22.7 Å². The minimum Gasteiger partial charge on any atom is -0.497 e. The molecule has 1 heterocycles. The van der Waals surface area contributed by atoms with E-state index >= 15 is 0 Å². The highest BCUT2D eigenvalue weighted by Crippen LogP contribution is 2.26. The monoisotopic (exact) mass is 325 g/mol. The van der Waals surface area contributed by atoms with Gasteiger partial charge in [-0.3, -0.25) is 4.79 Å². The van der Waals surface area contributed by atoms with Crippen LogP contribution in [-0.2, 0) is 0 Å². The third kappa shape index (κ3) is 3.32. The number of anilines is 1. The number of rotatable bonds is 5. The van der Waals surface area contributed by atoms with Gasteiger partial charge in [-0.05, 0) is 34.7 Å². The van der Waals surface area contributed by atoms with Gasteiger partial charge in [0, 0.05) is 29.4 Å². The molecule has 0 bridgehead atoms. The van der Waals surface area contributed by atoms with Gasteiger partial charge in [0.25, 0.3) is 5.91 Å². The number of aromatic nitrogens is 4. The number of ether oxygens (including phenoxy) is 2. The number of hydrogen-bond donors (Lipinski definition) is 1. The van der Waals surface area contributed by atoms with Crippen LogP contribution in [0.4, 0.5) is 5.69 Å². The lowest BCUT2D eigenvalue weighted by Gasteiger charge is -2.10. The van der Waals surface area contributed by atoms with Crippen molar-refractivity contribution in [3.63, 3.8) is 0 Å². The number of hydrogen-bond acceptors (Lipinski definition) is 6. The lowest BCUT2D eigenvalue weighted by atomic mass is 10.2. The maximum Gasteiger partial charge on any atom is 0.255 e. The van der Waals surface area contributed by atoms with Crippen molar-refractivity contribution in [1.29, 1.82) is 0 Å². The van der Waals surface area contributed by atoms with Gasteiger partial charge < -0.3 is 14.8 Å². The van der Waals surface area contributed by atoms with Crippen molar-refractivity contribution in [2.75, 3.05) is 19.5 Å². The SMILES string of the molecule is COc1cc(NC(=O)c2ccc(-n3cnnn3)cc2)cc(OC)c1. The fourth-order valence-corrected chi connectivity index (χ4v) is 2.13. The number of amides is 1. The largest absolute Gasteiger partial charge is 0.497 e. The lowest BCUT2D eigenvalue weighted by molar-refractivity contribution is 0.102. The highest BCUT2D eigenvalue weighted by atomic mass is 16.5. The van der Waals surface area contributed by atoms with Crippen LogP contribution in [-0.4, -0.2) is 40.3 Å². The Morgan fingerprint density at radius 2 is 1.71 bits per heavy atom. The van der Waals surface area contributed by atoms with E-state index < -0.39 is 0 Å². The summed E-state index contributed by atoms with van der Waals surface area (Å²) in [6, 6.07) is 12.1. The van der Waals surface area contributed by atoms with E-state index in [-0.39, 0.29) is 5.91 Å². The first-order chi connectivity index (χ1) is 11.7. The fraction of sp³-hybridized carbons (Fsp3) is 0.125. The predicted molar refractivity (Wildman–Crippen MR) is 86.7 cm³/mol. The molecule has 0 aliphatic heterocycles. The molecule has 1 aromatic heterocycles. The van der Waals surface area contributed by atoms with E-state index in [9.17, 15) is 4.79 Å². The minimum absolute atomic E-state index is 0.242. The van der Waals surface area contributed by atoms with E-state index in [1.165, 1.54) is 11.0 Å². The third-order valence-corrected chi connectivity index (χ3v) is 3.35. The lowest BCUT2D eigenvalue weighted by Crippen LogP contribution is -2.12. The van der Waals surface area contributed by atoms with Gasteiger partial charge in [0.15, 0.2) is 0 Å². The number of carbonyl (C=O) groups excluding carboxylic acids is 1. The van der Waals surface area contributed by atoms with Crippen LogP contribution in [0.15, 0.2) is 48.8 Å². The Morgan fingerprint density at radius 3 is 2.25 bits per heavy atom. The van der Waals surface area contributed by atoms with Gasteiger partial charge >= 0.3 is 0 Å². The van der Waals surface area contributed by atoms with E-state index in [1.54, 1.807) is 56.7 Å². The average molecular weight is 325 g/mol. The zero-order chi connectivity index (χ0) is 16.9. The molecule has 0 unspecified atom stereocenters. The smallest absolute Gasteiger partial charge is 0.255 e. The molecule has 0 atom stereocenters. The summed E-state index contributed by atoms with van der Waals surface area (Å²) < 4.78 is 11.9. The molecule has 0 radical (unpaired) electrons. The van der Waals surface area contributed by atoms with Gasteiger partial charge in [0.05, 0.1) is 19.9 Å². The van der Waals surface area contributed by atoms with E-state index in [0.717, 1.165) is 5.69 Å². The molecule has 2 aromatic carbocycles. The van der Waals surface area contributed by atoms with Crippen LogP contribution < -0.4 is 14.8 Å². The zero-order valence-electron chi connectivity index (χ0n) is 13.1. The van der Waals surface area contributed by atoms with E-state index in [2.05, 4.69) is 20.8 Å². The Hall–Kier alpha value is -3.42. The quantitative estimate of drug-likeness (QED) is 0.771. The number of benzene rings is 2. The van der Waals surface area contributed by atoms with E-state index in [4.69, 9.17) is 9.47 Å². The number of nitrogens with one attached hydrogen (secondary N) is 1. The standard InChI is InChI=1S/C16H15N5O3/c1-23-14-7-12(8-15(9-14)24-2)18-16(22)11-3-5-13(6-4-11)21-10-17-19-20-21/h3-10H,1-2H3,(H,18,22). The Bertz CT molecular complexity index is 809. The molecule has 3 rings (SSSR count). The van der Waals surface area contributed by atoms with Crippen LogP contribution in [0.1, 0.15) is 10.4 Å². The molecule has 3 aromatic rings. The summed E-state index contributed by atoms with van der Waals surface area (Å²) in [6.07, 6.45) is 1.48. The van der Waals surface area contributed by atoms with Crippen molar-refractivity contribution < 1.29 is 14.3 Å². The normalized spacial score (nSPS) is 10.2. The Labute approximate surface area is 138 Å². The summed E-state index contributed by atoms with van der Waals surface area (Å²) in [5, 5.41) is 13.8. The second kappa shape index (κ2) is 6.78. The molecule has 0 spiro atoms. The molecule has 0 saturated heterocycles. The van der Waals surface area contributed by atoms with Crippen LogP contribution in [0.2, 0.25) is 0 Å². The molecule has 1 amide bonds. The first kappa shape index (κ1) is 15.5. The molecule has 1 N–H and O–H groups in total. The maximum absolute atomic E-state index is 12.4. The van der Waals surface area contributed by atoms with Crippen LogP contribution in [0.3, 0.4) is 0 Å². The second-order valence-electron chi connectivity index (χ2n) is 4.86. The number of methoxy groups -OCH3 is 2. The van der Waals surface area contributed by atoms with Gasteiger partial charge in [-0.1, -0.05) is 0 Å². The molecule has 8 heteroatoms. The molecule has 0 fully saturated rings. The summed E-state index contributed by atoms with van der Waals surface area (Å²) in [4.78, 5) is 12.4.